The minimum absolute atomic E-state index is 0.178. The van der Waals surface area contributed by atoms with Gasteiger partial charge in [0.15, 0.2) is 4.96 Å². The van der Waals surface area contributed by atoms with Gasteiger partial charge in [-0.1, -0.05) is 23.5 Å². The predicted molar refractivity (Wildman–Crippen MR) is 104 cm³/mol. The third-order valence-corrected chi connectivity index (χ3v) is 5.46. The van der Waals surface area contributed by atoms with Gasteiger partial charge in [0.2, 0.25) is 0 Å². The fraction of sp³-hybridized carbons (Fsp3) is 0.150. The van der Waals surface area contributed by atoms with E-state index < -0.39 is 0 Å². The highest BCUT2D eigenvalue weighted by Crippen LogP contribution is 2.22. The summed E-state index contributed by atoms with van der Waals surface area (Å²) >= 11 is 1.15. The second-order valence-electron chi connectivity index (χ2n) is 6.42. The number of nitrogens with zero attached hydrogens (tertiary/aromatic N) is 2. The molecule has 0 atom stereocenters. The molecular formula is C20H16FN3O2S. The van der Waals surface area contributed by atoms with Gasteiger partial charge in [0.05, 0.1) is 11.0 Å². The van der Waals surface area contributed by atoms with Crippen LogP contribution in [0.15, 0.2) is 47.3 Å². The average molecular weight is 381 g/mol. The molecule has 0 fully saturated rings. The van der Waals surface area contributed by atoms with Gasteiger partial charge in [0.25, 0.3) is 11.5 Å². The molecule has 0 unspecified atom stereocenters. The van der Waals surface area contributed by atoms with Crippen LogP contribution >= 0.6 is 11.3 Å². The van der Waals surface area contributed by atoms with Gasteiger partial charge in [-0.3, -0.25) is 14.0 Å². The van der Waals surface area contributed by atoms with Crippen molar-refractivity contribution in [1.82, 2.24) is 14.7 Å². The number of rotatable bonds is 3. The molecule has 0 radical (unpaired) electrons. The van der Waals surface area contributed by atoms with Crippen LogP contribution in [-0.4, -0.2) is 15.3 Å². The largest absolute Gasteiger partial charge is 0.347 e. The molecule has 1 amide bonds. The Balaban J connectivity index is 1.69. The first kappa shape index (κ1) is 17.4. The standard InChI is InChI=1S/C20H16FN3O2S/c1-11-6-15-16(7-12(11)2)24-18(25)9-17(27-20(24)23-15)19(26)22-10-13-4-3-5-14(21)8-13/h3-9H,10H2,1-2H3,(H,22,26). The zero-order chi connectivity index (χ0) is 19.1. The maximum atomic E-state index is 13.2. The highest BCUT2D eigenvalue weighted by molar-refractivity contribution is 7.18. The van der Waals surface area contributed by atoms with Gasteiger partial charge in [0, 0.05) is 12.6 Å². The lowest BCUT2D eigenvalue weighted by molar-refractivity contribution is 0.0954. The maximum absolute atomic E-state index is 13.2. The van der Waals surface area contributed by atoms with Crippen LogP contribution in [0.3, 0.4) is 0 Å². The Morgan fingerprint density at radius 3 is 2.74 bits per heavy atom. The molecule has 0 bridgehead atoms. The van der Waals surface area contributed by atoms with Crippen molar-refractivity contribution in [2.75, 3.05) is 0 Å². The molecule has 0 spiro atoms. The monoisotopic (exact) mass is 381 g/mol. The Morgan fingerprint density at radius 2 is 1.96 bits per heavy atom. The van der Waals surface area contributed by atoms with E-state index in [0.29, 0.717) is 10.5 Å². The molecule has 5 nitrogen and oxygen atoms in total. The van der Waals surface area contributed by atoms with Crippen molar-refractivity contribution in [3.05, 3.63) is 80.2 Å². The van der Waals surface area contributed by atoms with E-state index >= 15 is 0 Å². The molecule has 2 aromatic carbocycles. The maximum Gasteiger partial charge on any atom is 0.261 e. The van der Waals surface area contributed by atoms with Crippen LogP contribution in [-0.2, 0) is 6.54 Å². The summed E-state index contributed by atoms with van der Waals surface area (Å²) in [6, 6.07) is 11.2. The Kier molecular flexibility index (Phi) is 4.24. The minimum Gasteiger partial charge on any atom is -0.347 e. The smallest absolute Gasteiger partial charge is 0.261 e. The summed E-state index contributed by atoms with van der Waals surface area (Å²) in [6.07, 6.45) is 0. The number of hydrogen-bond donors (Lipinski definition) is 1. The summed E-state index contributed by atoms with van der Waals surface area (Å²) in [5.74, 6) is -0.745. The Bertz CT molecular complexity index is 1260. The fourth-order valence-corrected chi connectivity index (χ4v) is 3.87. The third kappa shape index (κ3) is 3.21. The predicted octanol–water partition coefficient (Wildman–Crippen LogP) is 3.60. The lowest BCUT2D eigenvalue weighted by Crippen LogP contribution is -2.24. The lowest BCUT2D eigenvalue weighted by atomic mass is 10.1. The van der Waals surface area contributed by atoms with Gasteiger partial charge in [0.1, 0.15) is 10.7 Å². The van der Waals surface area contributed by atoms with Crippen LogP contribution in [0.4, 0.5) is 4.39 Å². The normalized spacial score (nSPS) is 11.2. The van der Waals surface area contributed by atoms with E-state index in [0.717, 1.165) is 33.5 Å². The minimum atomic E-state index is -0.386. The van der Waals surface area contributed by atoms with E-state index in [1.165, 1.54) is 22.6 Å². The Morgan fingerprint density at radius 1 is 1.19 bits per heavy atom. The number of halogens is 1. The highest BCUT2D eigenvalue weighted by atomic mass is 32.1. The number of carbonyl (C=O) groups excluding carboxylic acids is 1. The molecule has 7 heteroatoms. The Hall–Kier alpha value is -3.06. The molecule has 136 valence electrons. The zero-order valence-corrected chi connectivity index (χ0v) is 15.6. The van der Waals surface area contributed by atoms with E-state index in [9.17, 15) is 14.0 Å². The van der Waals surface area contributed by atoms with Gasteiger partial charge in [-0.25, -0.2) is 9.37 Å². The van der Waals surface area contributed by atoms with E-state index in [-0.39, 0.29) is 28.7 Å². The van der Waals surface area contributed by atoms with Crippen LogP contribution in [0.2, 0.25) is 0 Å². The number of fused-ring (bicyclic) bond motifs is 3. The second-order valence-corrected chi connectivity index (χ2v) is 7.43. The van der Waals surface area contributed by atoms with Crippen molar-refractivity contribution >= 4 is 33.2 Å². The molecule has 1 N–H and O–H groups in total. The molecule has 4 aromatic rings. The lowest BCUT2D eigenvalue weighted by Gasteiger charge is -2.05. The van der Waals surface area contributed by atoms with E-state index in [4.69, 9.17) is 0 Å². The number of imidazole rings is 1. The quantitative estimate of drug-likeness (QED) is 0.590. The average Bonchev–Trinajstić information content (AvgIpc) is 2.97. The Labute approximate surface area is 158 Å². The van der Waals surface area contributed by atoms with Crippen molar-refractivity contribution in [2.24, 2.45) is 0 Å². The summed E-state index contributed by atoms with van der Waals surface area (Å²) in [5, 5.41) is 2.72. The first-order valence-corrected chi connectivity index (χ1v) is 9.20. The molecule has 0 saturated heterocycles. The molecule has 2 aromatic heterocycles. The van der Waals surface area contributed by atoms with Gasteiger partial charge in [-0.2, -0.15) is 0 Å². The summed E-state index contributed by atoms with van der Waals surface area (Å²) in [6.45, 7) is 4.15. The zero-order valence-electron chi connectivity index (χ0n) is 14.7. The number of benzene rings is 2. The fourth-order valence-electron chi connectivity index (χ4n) is 2.92. The van der Waals surface area contributed by atoms with Crippen molar-refractivity contribution in [2.45, 2.75) is 20.4 Å². The number of aromatic nitrogens is 2. The number of hydrogen-bond acceptors (Lipinski definition) is 4. The molecule has 4 rings (SSSR count). The molecule has 2 heterocycles. The van der Waals surface area contributed by atoms with E-state index in [1.54, 1.807) is 12.1 Å². The van der Waals surface area contributed by atoms with Gasteiger partial charge in [-0.15, -0.1) is 0 Å². The molecule has 0 aliphatic carbocycles. The van der Waals surface area contributed by atoms with Crippen molar-refractivity contribution in [3.63, 3.8) is 0 Å². The first-order chi connectivity index (χ1) is 12.9. The van der Waals surface area contributed by atoms with Crippen LogP contribution in [0.5, 0.6) is 0 Å². The van der Waals surface area contributed by atoms with E-state index in [2.05, 4.69) is 10.3 Å². The van der Waals surface area contributed by atoms with Crippen molar-refractivity contribution in [3.8, 4) is 0 Å². The molecule has 0 aliphatic heterocycles. The van der Waals surface area contributed by atoms with Gasteiger partial charge >= 0.3 is 0 Å². The third-order valence-electron chi connectivity index (χ3n) is 4.48. The number of carbonyl (C=O) groups is 1. The van der Waals surface area contributed by atoms with Crippen LogP contribution in [0, 0.1) is 19.7 Å². The van der Waals surface area contributed by atoms with Crippen molar-refractivity contribution in [1.29, 1.82) is 0 Å². The SMILES string of the molecule is Cc1cc2nc3sc(C(=O)NCc4cccc(F)c4)cc(=O)n3c2cc1C. The van der Waals surface area contributed by atoms with Crippen molar-refractivity contribution < 1.29 is 9.18 Å². The highest BCUT2D eigenvalue weighted by Gasteiger charge is 2.14. The summed E-state index contributed by atoms with van der Waals surface area (Å²) < 4.78 is 14.8. The van der Waals surface area contributed by atoms with Crippen LogP contribution in [0.25, 0.3) is 16.0 Å². The van der Waals surface area contributed by atoms with Crippen LogP contribution in [0.1, 0.15) is 26.4 Å². The summed E-state index contributed by atoms with van der Waals surface area (Å²) in [5.41, 5.74) is 3.98. The number of amides is 1. The molecule has 0 saturated carbocycles. The number of aryl methyl sites for hydroxylation is 2. The van der Waals surface area contributed by atoms with Gasteiger partial charge < -0.3 is 5.32 Å². The van der Waals surface area contributed by atoms with Gasteiger partial charge in [-0.05, 0) is 54.8 Å². The first-order valence-electron chi connectivity index (χ1n) is 8.38. The molecule has 0 aliphatic rings. The molecular weight excluding hydrogens is 365 g/mol. The van der Waals surface area contributed by atoms with E-state index in [1.807, 2.05) is 26.0 Å². The number of nitrogens with one attached hydrogen (secondary N) is 1. The topological polar surface area (TPSA) is 63.5 Å². The molecule has 27 heavy (non-hydrogen) atoms. The summed E-state index contributed by atoms with van der Waals surface area (Å²) in [7, 11) is 0. The summed E-state index contributed by atoms with van der Waals surface area (Å²) in [4.78, 5) is 30.3. The second kappa shape index (κ2) is 6.59. The van der Waals surface area contributed by atoms with Crippen LogP contribution < -0.4 is 10.9 Å².